The van der Waals surface area contributed by atoms with E-state index in [4.69, 9.17) is 4.42 Å². The normalized spacial score (nSPS) is 15.7. The highest BCUT2D eigenvalue weighted by molar-refractivity contribution is 7.89. The number of aryl methyl sites for hydroxylation is 1. The van der Waals surface area contributed by atoms with Crippen LogP contribution in [0.15, 0.2) is 45.7 Å². The summed E-state index contributed by atoms with van der Waals surface area (Å²) in [5.74, 6) is 1.33. The van der Waals surface area contributed by atoms with Gasteiger partial charge in [0.1, 0.15) is 11.5 Å². The fraction of sp³-hybridized carbons (Fsp3) is 0.476. The predicted octanol–water partition coefficient (Wildman–Crippen LogP) is 3.81. The molecule has 0 saturated heterocycles. The van der Waals surface area contributed by atoms with Crippen LogP contribution in [-0.2, 0) is 16.6 Å². The fourth-order valence-electron chi connectivity index (χ4n) is 3.67. The largest absolute Gasteiger partial charge is 0.464 e. The van der Waals surface area contributed by atoms with Crippen LogP contribution in [0.25, 0.3) is 0 Å². The number of amides is 1. The molecule has 152 valence electrons. The average molecular weight is 405 g/mol. The number of sulfonamides is 1. The Balaban J connectivity index is 1.70. The average Bonchev–Trinajstić information content (AvgIpc) is 3.12. The molecule has 0 unspecified atom stereocenters. The van der Waals surface area contributed by atoms with Crippen LogP contribution < -0.4 is 0 Å². The Labute approximate surface area is 167 Å². The standard InChI is InChI=1S/C21H28N2O4S/c1-16-9-12-19(27-16)15-22(2)21(24)17-10-13-20(14-11-17)28(25,26)23(3)18-7-5-4-6-8-18/h9-14,18H,4-8,15H2,1-3H3. The van der Waals surface area contributed by atoms with Crippen LogP contribution in [0.2, 0.25) is 0 Å². The Morgan fingerprint density at radius 3 is 2.25 bits per heavy atom. The maximum atomic E-state index is 12.9. The molecule has 6 nitrogen and oxygen atoms in total. The zero-order valence-electron chi connectivity index (χ0n) is 16.7. The van der Waals surface area contributed by atoms with Crippen molar-refractivity contribution in [3.63, 3.8) is 0 Å². The van der Waals surface area contributed by atoms with Crippen molar-refractivity contribution in [2.24, 2.45) is 0 Å². The van der Waals surface area contributed by atoms with Gasteiger partial charge in [-0.15, -0.1) is 0 Å². The molecule has 1 saturated carbocycles. The molecule has 1 aliphatic rings. The van der Waals surface area contributed by atoms with Crippen molar-refractivity contribution < 1.29 is 17.6 Å². The summed E-state index contributed by atoms with van der Waals surface area (Å²) in [6.07, 6.45) is 5.12. The second-order valence-corrected chi connectivity index (χ2v) is 9.51. The lowest BCUT2D eigenvalue weighted by molar-refractivity contribution is 0.0775. The Kier molecular flexibility index (Phi) is 6.25. The first-order valence-corrected chi connectivity index (χ1v) is 11.1. The number of furan rings is 1. The van der Waals surface area contributed by atoms with E-state index >= 15 is 0 Å². The predicted molar refractivity (Wildman–Crippen MR) is 108 cm³/mol. The number of nitrogens with zero attached hydrogens (tertiary/aromatic N) is 2. The summed E-state index contributed by atoms with van der Waals surface area (Å²) in [6.45, 7) is 2.21. The number of rotatable bonds is 6. The number of hydrogen-bond acceptors (Lipinski definition) is 4. The van der Waals surface area contributed by atoms with Gasteiger partial charge >= 0.3 is 0 Å². The molecule has 1 aromatic carbocycles. The number of hydrogen-bond donors (Lipinski definition) is 0. The highest BCUT2D eigenvalue weighted by Crippen LogP contribution is 2.26. The van der Waals surface area contributed by atoms with Gasteiger partial charge in [0.2, 0.25) is 10.0 Å². The minimum absolute atomic E-state index is 0.0583. The molecule has 1 aliphatic carbocycles. The zero-order chi connectivity index (χ0) is 20.3. The van der Waals surface area contributed by atoms with Gasteiger partial charge in [0, 0.05) is 25.7 Å². The van der Waals surface area contributed by atoms with E-state index in [1.165, 1.54) is 22.9 Å². The van der Waals surface area contributed by atoms with Crippen molar-refractivity contribution in [3.8, 4) is 0 Å². The molecular weight excluding hydrogens is 376 g/mol. The van der Waals surface area contributed by atoms with Gasteiger partial charge in [-0.05, 0) is 56.2 Å². The van der Waals surface area contributed by atoms with Crippen LogP contribution in [0, 0.1) is 6.92 Å². The van der Waals surface area contributed by atoms with Gasteiger partial charge in [-0.2, -0.15) is 4.31 Å². The van der Waals surface area contributed by atoms with E-state index in [1.807, 2.05) is 19.1 Å². The molecule has 7 heteroatoms. The monoisotopic (exact) mass is 404 g/mol. The van der Waals surface area contributed by atoms with Crippen molar-refractivity contribution in [1.82, 2.24) is 9.21 Å². The van der Waals surface area contributed by atoms with Crippen LogP contribution in [-0.4, -0.2) is 43.7 Å². The van der Waals surface area contributed by atoms with E-state index in [1.54, 1.807) is 31.1 Å². The zero-order valence-corrected chi connectivity index (χ0v) is 17.5. The molecular formula is C21H28N2O4S. The fourth-order valence-corrected chi connectivity index (χ4v) is 5.09. The second kappa shape index (κ2) is 8.49. The summed E-state index contributed by atoms with van der Waals surface area (Å²) in [6, 6.07) is 9.95. The first-order chi connectivity index (χ1) is 13.3. The van der Waals surface area contributed by atoms with Gasteiger partial charge in [0.15, 0.2) is 0 Å². The Morgan fingerprint density at radius 1 is 1.04 bits per heavy atom. The third-order valence-electron chi connectivity index (χ3n) is 5.40. The van der Waals surface area contributed by atoms with E-state index < -0.39 is 10.0 Å². The molecule has 28 heavy (non-hydrogen) atoms. The lowest BCUT2D eigenvalue weighted by Crippen LogP contribution is -2.38. The lowest BCUT2D eigenvalue weighted by atomic mass is 9.96. The molecule has 0 spiro atoms. The third-order valence-corrected chi connectivity index (χ3v) is 7.33. The van der Waals surface area contributed by atoms with E-state index in [0.29, 0.717) is 17.9 Å². The summed E-state index contributed by atoms with van der Waals surface area (Å²) in [5, 5.41) is 0. The van der Waals surface area contributed by atoms with Gasteiger partial charge in [-0.1, -0.05) is 19.3 Å². The summed E-state index contributed by atoms with van der Waals surface area (Å²) in [4.78, 5) is 14.4. The molecule has 0 radical (unpaired) electrons. The van der Waals surface area contributed by atoms with Gasteiger partial charge in [-0.25, -0.2) is 8.42 Å². The Hall–Kier alpha value is -2.12. The first kappa shape index (κ1) is 20.6. The van der Waals surface area contributed by atoms with Crippen LogP contribution >= 0.6 is 0 Å². The Bertz CT molecular complexity index is 912. The van der Waals surface area contributed by atoms with Crippen molar-refractivity contribution in [2.45, 2.75) is 56.5 Å². The smallest absolute Gasteiger partial charge is 0.254 e. The first-order valence-electron chi connectivity index (χ1n) is 9.68. The van der Waals surface area contributed by atoms with Crippen LogP contribution in [0.3, 0.4) is 0 Å². The number of carbonyl (C=O) groups excluding carboxylic acids is 1. The van der Waals surface area contributed by atoms with Gasteiger partial charge in [0.05, 0.1) is 11.4 Å². The van der Waals surface area contributed by atoms with E-state index in [-0.39, 0.29) is 16.8 Å². The van der Waals surface area contributed by atoms with Crippen molar-refractivity contribution in [1.29, 1.82) is 0 Å². The van der Waals surface area contributed by atoms with E-state index in [2.05, 4.69) is 0 Å². The molecule has 0 bridgehead atoms. The maximum absolute atomic E-state index is 12.9. The van der Waals surface area contributed by atoms with E-state index in [9.17, 15) is 13.2 Å². The lowest BCUT2D eigenvalue weighted by Gasteiger charge is -2.30. The van der Waals surface area contributed by atoms with Crippen molar-refractivity contribution in [3.05, 3.63) is 53.5 Å². The quantitative estimate of drug-likeness (QED) is 0.734. The molecule has 0 atom stereocenters. The SMILES string of the molecule is Cc1ccc(CN(C)C(=O)c2ccc(S(=O)(=O)N(C)C3CCCCC3)cc2)o1. The summed E-state index contributed by atoms with van der Waals surface area (Å²) in [7, 11) is -0.201. The summed E-state index contributed by atoms with van der Waals surface area (Å²) in [5.41, 5.74) is 0.449. The van der Waals surface area contributed by atoms with Crippen LogP contribution in [0.4, 0.5) is 0 Å². The summed E-state index contributed by atoms with van der Waals surface area (Å²) < 4.78 is 32.8. The number of benzene rings is 1. The van der Waals surface area contributed by atoms with Crippen molar-refractivity contribution >= 4 is 15.9 Å². The minimum atomic E-state index is -3.55. The Morgan fingerprint density at radius 2 is 1.68 bits per heavy atom. The third kappa shape index (κ3) is 4.47. The van der Waals surface area contributed by atoms with Gasteiger partial charge < -0.3 is 9.32 Å². The summed E-state index contributed by atoms with van der Waals surface area (Å²) >= 11 is 0. The minimum Gasteiger partial charge on any atom is -0.464 e. The van der Waals surface area contributed by atoms with Gasteiger partial charge in [0.25, 0.3) is 5.91 Å². The molecule has 1 heterocycles. The highest BCUT2D eigenvalue weighted by Gasteiger charge is 2.29. The molecule has 1 amide bonds. The highest BCUT2D eigenvalue weighted by atomic mass is 32.2. The van der Waals surface area contributed by atoms with Crippen LogP contribution in [0.5, 0.6) is 0 Å². The second-order valence-electron chi connectivity index (χ2n) is 7.51. The van der Waals surface area contributed by atoms with E-state index in [0.717, 1.165) is 31.4 Å². The molecule has 3 rings (SSSR count). The maximum Gasteiger partial charge on any atom is 0.254 e. The molecule has 1 aromatic heterocycles. The molecule has 0 aliphatic heterocycles. The van der Waals surface area contributed by atoms with Crippen molar-refractivity contribution in [2.75, 3.05) is 14.1 Å². The van der Waals surface area contributed by atoms with Gasteiger partial charge in [-0.3, -0.25) is 4.79 Å². The molecule has 2 aromatic rings. The van der Waals surface area contributed by atoms with Crippen LogP contribution in [0.1, 0.15) is 54.0 Å². The topological polar surface area (TPSA) is 70.8 Å². The molecule has 0 N–H and O–H groups in total. The number of carbonyl (C=O) groups is 1. The molecule has 1 fully saturated rings.